The van der Waals surface area contributed by atoms with Crippen LogP contribution in [-0.2, 0) is 9.47 Å². The summed E-state index contributed by atoms with van der Waals surface area (Å²) >= 11 is 0. The molecule has 5 rings (SSSR count). The Kier molecular flexibility index (Phi) is 10.7. The lowest BCUT2D eigenvalue weighted by Gasteiger charge is -2.68. The average molecular weight is 659 g/mol. The van der Waals surface area contributed by atoms with E-state index in [2.05, 4.69) is 27.7 Å². The van der Waals surface area contributed by atoms with Crippen molar-refractivity contribution in [3.8, 4) is 0 Å². The fraction of sp³-hybridized carbons (Fsp3) is 1.00. The van der Waals surface area contributed by atoms with Gasteiger partial charge in [0.25, 0.3) is 0 Å². The lowest BCUT2D eigenvalue weighted by atomic mass is 9.40. The van der Waals surface area contributed by atoms with E-state index in [4.69, 9.17) is 9.47 Å². The minimum atomic E-state index is -1.47. The van der Waals surface area contributed by atoms with Gasteiger partial charge < -0.3 is 55.4 Å². The van der Waals surface area contributed by atoms with Gasteiger partial charge in [-0.25, -0.2) is 0 Å². The van der Waals surface area contributed by atoms with E-state index in [0.717, 1.165) is 19.3 Å². The molecule has 268 valence electrons. The molecule has 0 aromatic rings. The summed E-state index contributed by atoms with van der Waals surface area (Å²) in [5.74, 6) is 0.405. The van der Waals surface area contributed by atoms with Crippen molar-refractivity contribution in [3.05, 3.63) is 0 Å². The van der Waals surface area contributed by atoms with Crippen LogP contribution in [0.1, 0.15) is 98.8 Å². The van der Waals surface area contributed by atoms with Crippen LogP contribution in [0.4, 0.5) is 0 Å². The molecule has 4 aliphatic carbocycles. The van der Waals surface area contributed by atoms with Crippen LogP contribution >= 0.6 is 0 Å². The van der Waals surface area contributed by atoms with E-state index in [1.807, 2.05) is 6.92 Å². The largest absolute Gasteiger partial charge is 0.394 e. The number of aliphatic hydroxyl groups is 9. The monoisotopic (exact) mass is 658 g/mol. The zero-order chi connectivity index (χ0) is 34.0. The third kappa shape index (κ3) is 5.91. The molecule has 46 heavy (non-hydrogen) atoms. The zero-order valence-electron chi connectivity index (χ0n) is 28.4. The Hall–Kier alpha value is -0.440. The lowest BCUT2D eigenvalue weighted by molar-refractivity contribution is -0.315. The highest BCUT2D eigenvalue weighted by Crippen LogP contribution is 2.70. The van der Waals surface area contributed by atoms with Crippen LogP contribution in [0.2, 0.25) is 0 Å². The van der Waals surface area contributed by atoms with E-state index in [1.54, 1.807) is 0 Å². The summed E-state index contributed by atoms with van der Waals surface area (Å²) in [5.41, 5.74) is -3.87. The van der Waals surface area contributed by atoms with Crippen LogP contribution in [0.3, 0.4) is 0 Å². The highest BCUT2D eigenvalue weighted by Gasteiger charge is 2.74. The number of fused-ring (bicyclic) bond motifs is 5. The molecule has 1 aliphatic heterocycles. The number of hydrogen-bond acceptors (Lipinski definition) is 11. The summed E-state index contributed by atoms with van der Waals surface area (Å²) in [4.78, 5) is 0. The van der Waals surface area contributed by atoms with Crippen LogP contribution < -0.4 is 0 Å². The number of aliphatic hydroxyl groups excluding tert-OH is 7. The van der Waals surface area contributed by atoms with E-state index >= 15 is 0 Å². The van der Waals surface area contributed by atoms with Crippen molar-refractivity contribution in [1.29, 1.82) is 0 Å². The third-order valence-corrected chi connectivity index (χ3v) is 14.2. The van der Waals surface area contributed by atoms with Crippen molar-refractivity contribution in [2.24, 2.45) is 46.3 Å². The molecule has 5 aliphatic rings. The van der Waals surface area contributed by atoms with Gasteiger partial charge in [0.05, 0.1) is 42.7 Å². The van der Waals surface area contributed by atoms with E-state index in [-0.39, 0.29) is 42.6 Å². The number of hydrogen-bond donors (Lipinski definition) is 9. The quantitative estimate of drug-likeness (QED) is 0.163. The fourth-order valence-electron chi connectivity index (χ4n) is 11.4. The molecular weight excluding hydrogens is 596 g/mol. The van der Waals surface area contributed by atoms with Crippen LogP contribution in [0.15, 0.2) is 0 Å². The van der Waals surface area contributed by atoms with Gasteiger partial charge in [-0.15, -0.1) is 0 Å². The van der Waals surface area contributed by atoms with E-state index in [0.29, 0.717) is 43.9 Å². The Morgan fingerprint density at radius 2 is 1.54 bits per heavy atom. The molecule has 0 aromatic carbocycles. The van der Waals surface area contributed by atoms with E-state index < -0.39 is 78.2 Å². The molecule has 5 fully saturated rings. The summed E-state index contributed by atoms with van der Waals surface area (Å²) in [6.45, 7) is 10.5. The molecule has 0 amide bonds. The van der Waals surface area contributed by atoms with E-state index in [9.17, 15) is 46.0 Å². The average Bonchev–Trinajstić information content (AvgIpc) is 3.27. The van der Waals surface area contributed by atoms with Crippen molar-refractivity contribution in [1.82, 2.24) is 0 Å². The van der Waals surface area contributed by atoms with Crippen molar-refractivity contribution in [2.75, 3.05) is 13.2 Å². The molecule has 1 saturated heterocycles. The van der Waals surface area contributed by atoms with Gasteiger partial charge in [0.1, 0.15) is 24.4 Å². The molecule has 11 nitrogen and oxygen atoms in total. The molecule has 0 spiro atoms. The smallest absolute Gasteiger partial charge is 0.186 e. The first-order valence-electron chi connectivity index (χ1n) is 17.9. The Bertz CT molecular complexity index is 1040. The fourth-order valence-corrected chi connectivity index (χ4v) is 11.4. The molecule has 11 heteroatoms. The zero-order valence-corrected chi connectivity index (χ0v) is 28.4. The van der Waals surface area contributed by atoms with Crippen LogP contribution in [-0.4, -0.2) is 119 Å². The van der Waals surface area contributed by atoms with E-state index in [1.165, 1.54) is 0 Å². The van der Waals surface area contributed by atoms with Gasteiger partial charge in [-0.2, -0.15) is 0 Å². The van der Waals surface area contributed by atoms with Crippen LogP contribution in [0.25, 0.3) is 0 Å². The standard InChI is InChI=1S/C35H62O11/c1-18(2)20(10-13-45-31-29(42)28(41)27(40)24(17-36)46-31)7-6-19(3)22-14-23(38)30-32(22,4)11-9-25-33(5)12-8-21(37)15-35(33,44)26(39)16-34(25,30)43/h18-31,36-44H,6-17H2,1-5H3/t19-,20-,21+,22-,23+,24?,25?,26-,27?,28?,29?,30?,31?,32-,33-,34+,35+/m1/s1. The number of ether oxygens (including phenoxy) is 2. The molecule has 9 N–H and O–H groups in total. The van der Waals surface area contributed by atoms with Crippen LogP contribution in [0, 0.1) is 46.3 Å². The van der Waals surface area contributed by atoms with Crippen molar-refractivity contribution >= 4 is 0 Å². The Morgan fingerprint density at radius 3 is 2.20 bits per heavy atom. The van der Waals surface area contributed by atoms with Gasteiger partial charge in [-0.3, -0.25) is 0 Å². The first kappa shape index (κ1) is 36.8. The molecule has 0 bridgehead atoms. The maximum Gasteiger partial charge on any atom is 0.186 e. The highest BCUT2D eigenvalue weighted by atomic mass is 16.7. The predicted molar refractivity (Wildman–Crippen MR) is 168 cm³/mol. The third-order valence-electron chi connectivity index (χ3n) is 14.2. The maximum absolute atomic E-state index is 12.5. The molecule has 0 aromatic heterocycles. The summed E-state index contributed by atoms with van der Waals surface area (Å²) in [5, 5.41) is 97.6. The van der Waals surface area contributed by atoms with Gasteiger partial charge in [0.15, 0.2) is 6.29 Å². The van der Waals surface area contributed by atoms with Gasteiger partial charge in [0.2, 0.25) is 0 Å². The molecule has 1 heterocycles. The van der Waals surface area contributed by atoms with Gasteiger partial charge >= 0.3 is 0 Å². The van der Waals surface area contributed by atoms with Crippen molar-refractivity contribution in [3.63, 3.8) is 0 Å². The summed E-state index contributed by atoms with van der Waals surface area (Å²) in [6.07, 6.45) is -3.26. The Labute approximate surface area is 273 Å². The minimum Gasteiger partial charge on any atom is -0.394 e. The number of rotatable bonds is 10. The highest BCUT2D eigenvalue weighted by molar-refractivity contribution is 5.24. The minimum absolute atomic E-state index is 0.00123. The second-order valence-corrected chi connectivity index (χ2v) is 16.8. The normalized spacial score (nSPS) is 52.1. The second-order valence-electron chi connectivity index (χ2n) is 16.8. The summed E-state index contributed by atoms with van der Waals surface area (Å²) in [7, 11) is 0. The Morgan fingerprint density at radius 1 is 0.848 bits per heavy atom. The second kappa shape index (κ2) is 13.4. The van der Waals surface area contributed by atoms with Crippen LogP contribution in [0.5, 0.6) is 0 Å². The SMILES string of the molecule is CC(C)[C@@H](CCOC1OC(CO)C(O)C(O)C1O)CC[C@@H](C)[C@H]1C[C@H](O)C2[C@]3(O)C[C@@H](O)[C@@]4(O)C[C@@H](O)CC[C@]4(C)C3CC[C@@]21C. The first-order chi connectivity index (χ1) is 21.4. The topological polar surface area (TPSA) is 201 Å². The van der Waals surface area contributed by atoms with Crippen molar-refractivity contribution < 1.29 is 55.4 Å². The summed E-state index contributed by atoms with van der Waals surface area (Å²) < 4.78 is 11.3. The first-order valence-corrected chi connectivity index (χ1v) is 17.9. The van der Waals surface area contributed by atoms with Crippen molar-refractivity contribution in [2.45, 2.75) is 159 Å². The predicted octanol–water partition coefficient (Wildman–Crippen LogP) is 1.07. The molecule has 0 radical (unpaired) electrons. The molecule has 17 atom stereocenters. The molecule has 7 unspecified atom stereocenters. The summed E-state index contributed by atoms with van der Waals surface area (Å²) in [6, 6.07) is 0. The lowest BCUT2D eigenvalue weighted by Crippen LogP contribution is -2.75. The van der Waals surface area contributed by atoms with Gasteiger partial charge in [0, 0.05) is 24.2 Å². The maximum atomic E-state index is 12.5. The van der Waals surface area contributed by atoms with Gasteiger partial charge in [-0.05, 0) is 80.0 Å². The van der Waals surface area contributed by atoms with Gasteiger partial charge in [-0.1, -0.05) is 41.0 Å². The molecular formula is C35H62O11. The Balaban J connectivity index is 1.23. The molecule has 4 saturated carbocycles.